The number of non-ortho nitro benzene ring substituents is 1. The van der Waals surface area contributed by atoms with E-state index >= 15 is 0 Å². The fourth-order valence-electron chi connectivity index (χ4n) is 1.44. The normalized spacial score (nSPS) is 18.9. The summed E-state index contributed by atoms with van der Waals surface area (Å²) in [7, 11) is 0. The van der Waals surface area contributed by atoms with Crippen molar-refractivity contribution in [3.05, 3.63) is 28.3 Å². The fourth-order valence-corrected chi connectivity index (χ4v) is 1.44. The Balaban J connectivity index is 2.26. The number of hydrogen-bond acceptors (Lipinski definition) is 4. The smallest absolute Gasteiger partial charge is 0.411 e. The predicted molar refractivity (Wildman–Crippen MR) is 52.1 cm³/mol. The van der Waals surface area contributed by atoms with E-state index in [-0.39, 0.29) is 17.1 Å². The van der Waals surface area contributed by atoms with Crippen LogP contribution in [0.5, 0.6) is 5.75 Å². The molecular formula is C9H7F3N2O3. The van der Waals surface area contributed by atoms with Gasteiger partial charge in [0.25, 0.3) is 5.69 Å². The van der Waals surface area contributed by atoms with Crippen molar-refractivity contribution >= 4 is 11.4 Å². The summed E-state index contributed by atoms with van der Waals surface area (Å²) in [5, 5.41) is 12.7. The molecule has 17 heavy (non-hydrogen) atoms. The van der Waals surface area contributed by atoms with Gasteiger partial charge in [-0.1, -0.05) is 0 Å². The third kappa shape index (κ3) is 2.24. The second-order valence-electron chi connectivity index (χ2n) is 3.49. The number of fused-ring (bicyclic) bond motifs is 1. The summed E-state index contributed by atoms with van der Waals surface area (Å²) in [5.74, 6) is 0.0553. The van der Waals surface area contributed by atoms with Crippen LogP contribution in [0.4, 0.5) is 24.5 Å². The van der Waals surface area contributed by atoms with Crippen LogP contribution < -0.4 is 10.1 Å². The van der Waals surface area contributed by atoms with Crippen molar-refractivity contribution in [3.8, 4) is 5.75 Å². The van der Waals surface area contributed by atoms with Crippen LogP contribution in [0.3, 0.4) is 0 Å². The van der Waals surface area contributed by atoms with E-state index in [1.165, 1.54) is 6.07 Å². The highest BCUT2D eigenvalue weighted by Gasteiger charge is 2.42. The number of nitro groups is 1. The van der Waals surface area contributed by atoms with Gasteiger partial charge in [0.1, 0.15) is 12.4 Å². The number of nitrogens with zero attached hydrogens (tertiary/aromatic N) is 1. The second kappa shape index (κ2) is 3.79. The van der Waals surface area contributed by atoms with Crippen LogP contribution >= 0.6 is 0 Å². The number of rotatable bonds is 1. The van der Waals surface area contributed by atoms with Crippen LogP contribution in [-0.4, -0.2) is 23.7 Å². The molecule has 0 saturated carbocycles. The first-order valence-electron chi connectivity index (χ1n) is 4.62. The zero-order chi connectivity index (χ0) is 12.6. The molecule has 1 aliphatic rings. The maximum absolute atomic E-state index is 12.4. The SMILES string of the molecule is O=[N+]([O-])c1ccc2c(c1)OCC(C(F)(F)F)N2. The number of nitro benzene ring substituents is 1. The van der Waals surface area contributed by atoms with Crippen molar-refractivity contribution in [1.29, 1.82) is 0 Å². The van der Waals surface area contributed by atoms with Crippen LogP contribution in [0.25, 0.3) is 0 Å². The molecule has 0 radical (unpaired) electrons. The summed E-state index contributed by atoms with van der Waals surface area (Å²) in [5.41, 5.74) is -0.125. The highest BCUT2D eigenvalue weighted by atomic mass is 19.4. The molecule has 5 nitrogen and oxygen atoms in total. The van der Waals surface area contributed by atoms with Gasteiger partial charge in [0, 0.05) is 6.07 Å². The van der Waals surface area contributed by atoms with Gasteiger partial charge in [-0.15, -0.1) is 0 Å². The third-order valence-corrected chi connectivity index (χ3v) is 2.31. The number of alkyl halides is 3. The summed E-state index contributed by atoms with van der Waals surface area (Å²) in [6.07, 6.45) is -4.42. The molecule has 0 aliphatic carbocycles. The van der Waals surface area contributed by atoms with Crippen molar-refractivity contribution in [3.63, 3.8) is 0 Å². The van der Waals surface area contributed by atoms with Gasteiger partial charge in [-0.3, -0.25) is 10.1 Å². The highest BCUT2D eigenvalue weighted by Crippen LogP contribution is 2.36. The first-order valence-corrected chi connectivity index (χ1v) is 4.62. The van der Waals surface area contributed by atoms with Gasteiger partial charge in [0.2, 0.25) is 0 Å². The number of benzene rings is 1. The lowest BCUT2D eigenvalue weighted by Crippen LogP contribution is -2.43. The maximum Gasteiger partial charge on any atom is 0.411 e. The fraction of sp³-hybridized carbons (Fsp3) is 0.333. The van der Waals surface area contributed by atoms with Crippen LogP contribution in [-0.2, 0) is 0 Å². The highest BCUT2D eigenvalue weighted by molar-refractivity contribution is 5.62. The van der Waals surface area contributed by atoms with Crippen LogP contribution in [0.15, 0.2) is 18.2 Å². The third-order valence-electron chi connectivity index (χ3n) is 2.31. The number of ether oxygens (including phenoxy) is 1. The Labute approximate surface area is 93.3 Å². The van der Waals surface area contributed by atoms with Crippen LogP contribution in [0.1, 0.15) is 0 Å². The van der Waals surface area contributed by atoms with Gasteiger partial charge in [-0.2, -0.15) is 13.2 Å². The molecule has 1 heterocycles. The minimum absolute atomic E-state index is 0.0553. The summed E-state index contributed by atoms with van der Waals surface area (Å²) in [6.45, 7) is -0.600. The van der Waals surface area contributed by atoms with Crippen molar-refractivity contribution in [1.82, 2.24) is 0 Å². The molecule has 0 bridgehead atoms. The Bertz CT molecular complexity index is 461. The molecule has 1 atom stereocenters. The maximum atomic E-state index is 12.4. The standard InChI is InChI=1S/C9H7F3N2O3/c10-9(11,12)8-4-17-7-3-5(14(15)16)1-2-6(7)13-8/h1-3,8,13H,4H2. The quantitative estimate of drug-likeness (QED) is 0.612. The number of hydrogen-bond donors (Lipinski definition) is 1. The molecule has 0 saturated heterocycles. The van der Waals surface area contributed by atoms with Crippen molar-refractivity contribution in [2.24, 2.45) is 0 Å². The van der Waals surface area contributed by atoms with Gasteiger partial charge in [0.15, 0.2) is 6.04 Å². The van der Waals surface area contributed by atoms with Crippen molar-refractivity contribution in [2.45, 2.75) is 12.2 Å². The Hall–Kier alpha value is -1.99. The van der Waals surface area contributed by atoms with E-state index in [4.69, 9.17) is 4.74 Å². The molecule has 0 aromatic heterocycles. The Morgan fingerprint density at radius 1 is 1.47 bits per heavy atom. The van der Waals surface area contributed by atoms with Gasteiger partial charge >= 0.3 is 6.18 Å². The van der Waals surface area contributed by atoms with E-state index in [0.717, 1.165) is 12.1 Å². The van der Waals surface area contributed by atoms with Gasteiger partial charge in [-0.05, 0) is 6.07 Å². The van der Waals surface area contributed by atoms with Gasteiger partial charge < -0.3 is 10.1 Å². The largest absolute Gasteiger partial charge is 0.489 e. The molecule has 1 aromatic rings. The van der Waals surface area contributed by atoms with Gasteiger partial charge in [0.05, 0.1) is 16.7 Å². The Morgan fingerprint density at radius 3 is 2.76 bits per heavy atom. The van der Waals surface area contributed by atoms with E-state index in [0.29, 0.717) is 0 Å². The molecule has 8 heteroatoms. The zero-order valence-electron chi connectivity index (χ0n) is 8.32. The first-order chi connectivity index (χ1) is 7.88. The molecule has 1 N–H and O–H groups in total. The van der Waals surface area contributed by atoms with Crippen molar-refractivity contribution < 1.29 is 22.8 Å². The van der Waals surface area contributed by atoms with Crippen LogP contribution in [0, 0.1) is 10.1 Å². The monoisotopic (exact) mass is 248 g/mol. The number of halogens is 3. The second-order valence-corrected chi connectivity index (χ2v) is 3.49. The minimum Gasteiger partial charge on any atom is -0.489 e. The molecule has 92 valence electrons. The number of anilines is 1. The molecule has 2 rings (SSSR count). The van der Waals surface area contributed by atoms with Gasteiger partial charge in [-0.25, -0.2) is 0 Å². The molecule has 0 spiro atoms. The summed E-state index contributed by atoms with van der Waals surface area (Å²) in [4.78, 5) is 9.82. The molecular weight excluding hydrogens is 241 g/mol. The average molecular weight is 248 g/mol. The molecule has 1 aliphatic heterocycles. The predicted octanol–water partition coefficient (Wildman–Crippen LogP) is 2.33. The van der Waals surface area contributed by atoms with E-state index in [1.807, 2.05) is 0 Å². The molecule has 1 aromatic carbocycles. The molecule has 1 unspecified atom stereocenters. The number of nitrogens with one attached hydrogen (secondary N) is 1. The summed E-state index contributed by atoms with van der Waals surface area (Å²) >= 11 is 0. The van der Waals surface area contributed by atoms with E-state index in [1.54, 1.807) is 0 Å². The molecule has 0 amide bonds. The Kier molecular flexibility index (Phi) is 2.56. The van der Waals surface area contributed by atoms with E-state index in [9.17, 15) is 23.3 Å². The van der Waals surface area contributed by atoms with E-state index in [2.05, 4.69) is 5.32 Å². The van der Waals surface area contributed by atoms with Crippen molar-refractivity contribution in [2.75, 3.05) is 11.9 Å². The lowest BCUT2D eigenvalue weighted by Gasteiger charge is -2.28. The zero-order valence-corrected chi connectivity index (χ0v) is 8.32. The lowest BCUT2D eigenvalue weighted by atomic mass is 10.2. The van der Waals surface area contributed by atoms with E-state index < -0.39 is 23.7 Å². The topological polar surface area (TPSA) is 64.4 Å². The summed E-state index contributed by atoms with van der Waals surface area (Å²) in [6, 6.07) is 1.62. The Morgan fingerprint density at radius 2 is 2.18 bits per heavy atom. The average Bonchev–Trinajstić information content (AvgIpc) is 2.26. The summed E-state index contributed by atoms with van der Waals surface area (Å²) < 4.78 is 42.0. The first kappa shape index (κ1) is 11.5. The molecule has 0 fully saturated rings. The van der Waals surface area contributed by atoms with Crippen LogP contribution in [0.2, 0.25) is 0 Å². The minimum atomic E-state index is -4.42. The lowest BCUT2D eigenvalue weighted by molar-refractivity contribution is -0.384.